The zero-order valence-corrected chi connectivity index (χ0v) is 11.1. The van der Waals surface area contributed by atoms with Crippen LogP contribution >= 0.6 is 15.9 Å². The van der Waals surface area contributed by atoms with E-state index in [1.54, 1.807) is 6.92 Å². The molecule has 4 nitrogen and oxygen atoms in total. The number of carbonyl (C=O) groups excluding carboxylic acids is 2. The second-order valence-corrected chi connectivity index (χ2v) is 4.74. The van der Waals surface area contributed by atoms with Crippen molar-refractivity contribution in [3.05, 3.63) is 0 Å². The highest BCUT2D eigenvalue weighted by molar-refractivity contribution is 9.09. The summed E-state index contributed by atoms with van der Waals surface area (Å²) < 4.78 is 4.87. The van der Waals surface area contributed by atoms with E-state index in [1.165, 1.54) is 0 Å². The summed E-state index contributed by atoms with van der Waals surface area (Å²) in [5.41, 5.74) is -0.364. The minimum atomic E-state index is -0.410. The molecule has 1 amide bonds. The van der Waals surface area contributed by atoms with Crippen molar-refractivity contribution < 1.29 is 14.3 Å². The molecule has 0 unspecified atom stereocenters. The number of amides is 1. The van der Waals surface area contributed by atoms with Gasteiger partial charge in [-0.2, -0.15) is 0 Å². The van der Waals surface area contributed by atoms with Crippen molar-refractivity contribution in [2.45, 2.75) is 44.6 Å². The average Bonchev–Trinajstić information content (AvgIpc) is 2.66. The summed E-state index contributed by atoms with van der Waals surface area (Å²) in [5.74, 6) is 0.124. The average molecular weight is 292 g/mol. The number of hydrogen-bond acceptors (Lipinski definition) is 3. The number of rotatable bonds is 5. The number of alkyl carbamates (subject to hydrolysis) is 1. The number of halogens is 1. The number of Topliss-reactive ketones (excluding diaryl/α,β-unsaturated/α-hetero) is 1. The van der Waals surface area contributed by atoms with E-state index in [0.717, 1.165) is 25.7 Å². The lowest BCUT2D eigenvalue weighted by molar-refractivity contribution is -0.117. The summed E-state index contributed by atoms with van der Waals surface area (Å²) in [5, 5.41) is 3.20. The van der Waals surface area contributed by atoms with Gasteiger partial charge >= 0.3 is 6.09 Å². The van der Waals surface area contributed by atoms with Gasteiger partial charge in [-0.25, -0.2) is 4.79 Å². The van der Waals surface area contributed by atoms with Crippen molar-refractivity contribution >= 4 is 27.8 Å². The molecular formula is C11H18BrNO3. The molecule has 0 bridgehead atoms. The summed E-state index contributed by atoms with van der Waals surface area (Å²) in [6.07, 6.45) is 3.84. The maximum absolute atomic E-state index is 11.5. The monoisotopic (exact) mass is 291 g/mol. The van der Waals surface area contributed by atoms with Crippen LogP contribution in [0.3, 0.4) is 0 Å². The Labute approximate surface area is 104 Å². The molecule has 0 aromatic heterocycles. The Morgan fingerprint density at radius 3 is 2.50 bits per heavy atom. The highest BCUT2D eigenvalue weighted by Crippen LogP contribution is 2.33. The molecule has 5 heteroatoms. The van der Waals surface area contributed by atoms with E-state index in [-0.39, 0.29) is 11.3 Å². The van der Waals surface area contributed by atoms with Crippen LogP contribution in [-0.2, 0) is 9.53 Å². The number of alkyl halides is 1. The standard InChI is InChI=1S/C11H18BrNO3/c1-2-16-10(15)13-11(5-3-4-6-11)7-9(14)8-12/h2-8H2,1H3,(H,13,15). The van der Waals surface area contributed by atoms with Crippen molar-refractivity contribution in [2.75, 3.05) is 11.9 Å². The van der Waals surface area contributed by atoms with Crippen molar-refractivity contribution in [1.82, 2.24) is 5.32 Å². The van der Waals surface area contributed by atoms with Crippen LogP contribution in [0.25, 0.3) is 0 Å². The topological polar surface area (TPSA) is 55.4 Å². The molecule has 0 atom stereocenters. The van der Waals surface area contributed by atoms with Crippen LogP contribution < -0.4 is 5.32 Å². The first-order chi connectivity index (χ1) is 7.62. The van der Waals surface area contributed by atoms with Gasteiger partial charge in [0.15, 0.2) is 0 Å². The van der Waals surface area contributed by atoms with Gasteiger partial charge in [-0.1, -0.05) is 28.8 Å². The molecule has 1 aliphatic carbocycles. The first-order valence-electron chi connectivity index (χ1n) is 5.64. The smallest absolute Gasteiger partial charge is 0.407 e. The van der Waals surface area contributed by atoms with Gasteiger partial charge in [-0.05, 0) is 19.8 Å². The molecule has 1 fully saturated rings. The minimum absolute atomic E-state index is 0.124. The largest absolute Gasteiger partial charge is 0.450 e. The molecule has 92 valence electrons. The second kappa shape index (κ2) is 6.23. The van der Waals surface area contributed by atoms with E-state index in [0.29, 0.717) is 18.4 Å². The van der Waals surface area contributed by atoms with E-state index in [4.69, 9.17) is 4.74 Å². The third kappa shape index (κ3) is 3.77. The number of ketones is 1. The Balaban J connectivity index is 2.58. The lowest BCUT2D eigenvalue weighted by atomic mass is 9.91. The molecule has 0 radical (unpaired) electrons. The molecule has 1 aliphatic rings. The Kier molecular flexibility index (Phi) is 5.25. The van der Waals surface area contributed by atoms with E-state index >= 15 is 0 Å². The SMILES string of the molecule is CCOC(=O)NC1(CC(=O)CBr)CCCC1. The zero-order valence-electron chi connectivity index (χ0n) is 9.55. The maximum Gasteiger partial charge on any atom is 0.407 e. The van der Waals surface area contributed by atoms with Crippen LogP contribution in [0.2, 0.25) is 0 Å². The molecule has 0 spiro atoms. The minimum Gasteiger partial charge on any atom is -0.450 e. The van der Waals surface area contributed by atoms with Crippen LogP contribution in [0, 0.1) is 0 Å². The Bertz CT molecular complexity index is 262. The second-order valence-electron chi connectivity index (χ2n) is 4.18. The van der Waals surface area contributed by atoms with E-state index < -0.39 is 6.09 Å². The highest BCUT2D eigenvalue weighted by atomic mass is 79.9. The highest BCUT2D eigenvalue weighted by Gasteiger charge is 2.37. The Hall–Kier alpha value is -0.580. The predicted octanol–water partition coefficient (Wildman–Crippen LogP) is 2.40. The number of ether oxygens (including phenoxy) is 1. The van der Waals surface area contributed by atoms with Gasteiger partial charge in [0.05, 0.1) is 17.5 Å². The summed E-state index contributed by atoms with van der Waals surface area (Å²) >= 11 is 3.15. The van der Waals surface area contributed by atoms with Crippen LogP contribution in [0.15, 0.2) is 0 Å². The van der Waals surface area contributed by atoms with Gasteiger partial charge in [0.25, 0.3) is 0 Å². The van der Waals surface area contributed by atoms with Gasteiger partial charge in [0, 0.05) is 6.42 Å². The first kappa shape index (κ1) is 13.5. The van der Waals surface area contributed by atoms with Gasteiger partial charge in [0.2, 0.25) is 0 Å². The summed E-state index contributed by atoms with van der Waals surface area (Å²) in [7, 11) is 0. The van der Waals surface area contributed by atoms with Gasteiger partial charge in [-0.3, -0.25) is 4.79 Å². The number of hydrogen-bond donors (Lipinski definition) is 1. The number of carbonyl (C=O) groups is 2. The molecule has 0 aromatic rings. The zero-order chi connectivity index (χ0) is 12.0. The first-order valence-corrected chi connectivity index (χ1v) is 6.76. The molecule has 16 heavy (non-hydrogen) atoms. The Morgan fingerprint density at radius 2 is 2.00 bits per heavy atom. The fourth-order valence-corrected chi connectivity index (χ4v) is 2.40. The normalized spacial score (nSPS) is 18.1. The summed E-state index contributed by atoms with van der Waals surface area (Å²) in [4.78, 5) is 22.9. The van der Waals surface area contributed by atoms with Crippen molar-refractivity contribution in [1.29, 1.82) is 0 Å². The fourth-order valence-electron chi connectivity index (χ4n) is 2.21. The molecule has 1 N–H and O–H groups in total. The Morgan fingerprint density at radius 1 is 1.38 bits per heavy atom. The molecular weight excluding hydrogens is 274 g/mol. The van der Waals surface area contributed by atoms with E-state index in [9.17, 15) is 9.59 Å². The molecule has 0 aliphatic heterocycles. The molecule has 1 rings (SSSR count). The predicted molar refractivity (Wildman–Crippen MR) is 64.8 cm³/mol. The van der Waals surface area contributed by atoms with Crippen molar-refractivity contribution in [2.24, 2.45) is 0 Å². The lowest BCUT2D eigenvalue weighted by Gasteiger charge is -2.28. The lowest BCUT2D eigenvalue weighted by Crippen LogP contribution is -2.48. The van der Waals surface area contributed by atoms with Crippen LogP contribution in [-0.4, -0.2) is 29.4 Å². The van der Waals surface area contributed by atoms with Gasteiger partial charge in [0.1, 0.15) is 5.78 Å². The van der Waals surface area contributed by atoms with E-state index in [1.807, 2.05) is 0 Å². The van der Waals surface area contributed by atoms with Crippen LogP contribution in [0.1, 0.15) is 39.0 Å². The quantitative estimate of drug-likeness (QED) is 0.792. The molecule has 0 heterocycles. The molecule has 0 saturated heterocycles. The third-order valence-electron chi connectivity index (χ3n) is 2.89. The van der Waals surface area contributed by atoms with Crippen molar-refractivity contribution in [3.8, 4) is 0 Å². The van der Waals surface area contributed by atoms with E-state index in [2.05, 4.69) is 21.2 Å². The maximum atomic E-state index is 11.5. The third-order valence-corrected chi connectivity index (χ3v) is 3.51. The van der Waals surface area contributed by atoms with Gasteiger partial charge in [-0.15, -0.1) is 0 Å². The van der Waals surface area contributed by atoms with Crippen LogP contribution in [0.5, 0.6) is 0 Å². The summed E-state index contributed by atoms with van der Waals surface area (Å²) in [6, 6.07) is 0. The molecule has 1 saturated carbocycles. The molecule has 0 aromatic carbocycles. The summed E-state index contributed by atoms with van der Waals surface area (Å²) in [6.45, 7) is 2.12. The van der Waals surface area contributed by atoms with Crippen LogP contribution in [0.4, 0.5) is 4.79 Å². The van der Waals surface area contributed by atoms with Crippen molar-refractivity contribution in [3.63, 3.8) is 0 Å². The fraction of sp³-hybridized carbons (Fsp3) is 0.818. The van der Waals surface area contributed by atoms with Gasteiger partial charge < -0.3 is 10.1 Å². The number of nitrogens with one attached hydrogen (secondary N) is 1.